The molecule has 0 saturated heterocycles. The minimum atomic E-state index is -0.396. The van der Waals surface area contributed by atoms with Crippen LogP contribution < -0.4 is 0 Å². The first kappa shape index (κ1) is 14.8. The van der Waals surface area contributed by atoms with E-state index in [1.54, 1.807) is 6.07 Å². The molecule has 0 fully saturated rings. The van der Waals surface area contributed by atoms with Crippen molar-refractivity contribution in [2.45, 2.75) is 6.54 Å². The average molecular weight is 340 g/mol. The number of fused-ring (bicyclic) bond motifs is 3. The van der Waals surface area contributed by atoms with Gasteiger partial charge in [0.2, 0.25) is 0 Å². The van der Waals surface area contributed by atoms with Crippen LogP contribution in [0, 0.1) is 0 Å². The normalized spacial score (nSPS) is 11.2. The predicted molar refractivity (Wildman–Crippen MR) is 93.6 cm³/mol. The fourth-order valence-electron chi connectivity index (χ4n) is 3.01. The maximum Gasteiger partial charge on any atom is 0.354 e. The number of para-hydroxylation sites is 1. The lowest BCUT2D eigenvalue weighted by molar-refractivity contribution is 0.0589. The first-order valence-electron chi connectivity index (χ1n) is 7.51. The van der Waals surface area contributed by atoms with E-state index in [2.05, 4.69) is 0 Å². The highest BCUT2D eigenvalue weighted by Crippen LogP contribution is 2.32. The monoisotopic (exact) mass is 339 g/mol. The van der Waals surface area contributed by atoms with Gasteiger partial charge in [-0.25, -0.2) is 4.79 Å². The lowest BCUT2D eigenvalue weighted by Gasteiger charge is -2.09. The molecule has 0 unspecified atom stereocenters. The highest BCUT2D eigenvalue weighted by atomic mass is 35.5. The quantitative estimate of drug-likeness (QED) is 0.500. The highest BCUT2D eigenvalue weighted by Gasteiger charge is 2.21. The van der Waals surface area contributed by atoms with Gasteiger partial charge in [-0.15, -0.1) is 0 Å². The molecule has 2 aromatic carbocycles. The van der Waals surface area contributed by atoms with Gasteiger partial charge in [0.05, 0.1) is 12.6 Å². The van der Waals surface area contributed by atoms with E-state index >= 15 is 0 Å². The van der Waals surface area contributed by atoms with E-state index in [9.17, 15) is 4.79 Å². The van der Waals surface area contributed by atoms with Crippen molar-refractivity contribution >= 4 is 39.6 Å². The zero-order chi connectivity index (χ0) is 16.7. The highest BCUT2D eigenvalue weighted by molar-refractivity contribution is 6.30. The Bertz CT molecular complexity index is 1060. The first-order chi connectivity index (χ1) is 11.7. The van der Waals surface area contributed by atoms with Crippen LogP contribution in [0.2, 0.25) is 5.02 Å². The van der Waals surface area contributed by atoms with Crippen molar-refractivity contribution in [3.05, 3.63) is 70.9 Å². The Morgan fingerprint density at radius 3 is 2.75 bits per heavy atom. The van der Waals surface area contributed by atoms with E-state index in [4.69, 9.17) is 20.8 Å². The molecule has 0 atom stereocenters. The number of hydrogen-bond donors (Lipinski definition) is 0. The molecule has 120 valence electrons. The maximum absolute atomic E-state index is 12.2. The van der Waals surface area contributed by atoms with Crippen LogP contribution in [0.1, 0.15) is 16.1 Å². The van der Waals surface area contributed by atoms with Gasteiger partial charge in [0, 0.05) is 23.0 Å². The Hall–Kier alpha value is -2.72. The molecular formula is C19H14ClNO3. The Balaban J connectivity index is 1.96. The third kappa shape index (κ3) is 2.36. The molecule has 0 N–H and O–H groups in total. The number of ether oxygens (including phenoxy) is 1. The Kier molecular flexibility index (Phi) is 3.54. The molecule has 0 saturated carbocycles. The van der Waals surface area contributed by atoms with Crippen LogP contribution in [0.5, 0.6) is 0 Å². The van der Waals surface area contributed by atoms with E-state index in [-0.39, 0.29) is 0 Å². The summed E-state index contributed by atoms with van der Waals surface area (Å²) in [6.45, 7) is 0.498. The van der Waals surface area contributed by atoms with Crippen molar-refractivity contribution in [3.63, 3.8) is 0 Å². The van der Waals surface area contributed by atoms with Crippen molar-refractivity contribution in [1.82, 2.24) is 4.57 Å². The number of furan rings is 1. The number of halogens is 1. The SMILES string of the molecule is COC(=O)c1cc2oc3ccccc3c2n1Cc1cccc(Cl)c1. The first-order valence-corrected chi connectivity index (χ1v) is 7.88. The second-order valence-electron chi connectivity index (χ2n) is 5.55. The van der Waals surface area contributed by atoms with E-state index in [0.29, 0.717) is 22.8 Å². The number of carbonyl (C=O) groups is 1. The predicted octanol–water partition coefficient (Wildman–Crippen LogP) is 4.88. The van der Waals surface area contributed by atoms with E-state index in [1.165, 1.54) is 7.11 Å². The Labute approximate surface area is 143 Å². The number of aromatic nitrogens is 1. The van der Waals surface area contributed by atoms with Gasteiger partial charge in [-0.2, -0.15) is 0 Å². The summed E-state index contributed by atoms with van der Waals surface area (Å²) < 4.78 is 12.7. The summed E-state index contributed by atoms with van der Waals surface area (Å²) in [6, 6.07) is 17.1. The molecular weight excluding hydrogens is 326 g/mol. The van der Waals surface area contributed by atoms with Crippen molar-refractivity contribution < 1.29 is 13.9 Å². The van der Waals surface area contributed by atoms with Crippen molar-refractivity contribution in [3.8, 4) is 0 Å². The van der Waals surface area contributed by atoms with Crippen LogP contribution in [-0.4, -0.2) is 17.6 Å². The number of carbonyl (C=O) groups excluding carboxylic acids is 1. The summed E-state index contributed by atoms with van der Waals surface area (Å²) in [6.07, 6.45) is 0. The third-order valence-corrected chi connectivity index (χ3v) is 4.28. The molecule has 0 amide bonds. The maximum atomic E-state index is 12.2. The van der Waals surface area contributed by atoms with Crippen LogP contribution in [0.3, 0.4) is 0 Å². The van der Waals surface area contributed by atoms with Crippen LogP contribution in [-0.2, 0) is 11.3 Å². The molecule has 0 spiro atoms. The fourth-order valence-corrected chi connectivity index (χ4v) is 3.22. The molecule has 0 aliphatic rings. The minimum absolute atomic E-state index is 0.396. The van der Waals surface area contributed by atoms with Crippen LogP contribution in [0.25, 0.3) is 22.1 Å². The van der Waals surface area contributed by atoms with Crippen LogP contribution in [0.15, 0.2) is 59.0 Å². The average Bonchev–Trinajstić information content (AvgIpc) is 3.11. The molecule has 2 heterocycles. The smallest absolute Gasteiger partial charge is 0.354 e. The van der Waals surface area contributed by atoms with Gasteiger partial charge in [0.25, 0.3) is 0 Å². The van der Waals surface area contributed by atoms with Crippen molar-refractivity contribution in [2.75, 3.05) is 7.11 Å². The lowest BCUT2D eigenvalue weighted by atomic mass is 10.2. The zero-order valence-corrected chi connectivity index (χ0v) is 13.7. The van der Waals surface area contributed by atoms with Gasteiger partial charge in [0.15, 0.2) is 5.58 Å². The molecule has 0 aliphatic heterocycles. The van der Waals surface area contributed by atoms with Gasteiger partial charge in [-0.05, 0) is 29.8 Å². The summed E-state index contributed by atoms with van der Waals surface area (Å²) in [5, 5.41) is 1.62. The summed E-state index contributed by atoms with van der Waals surface area (Å²) in [5.41, 5.74) is 3.79. The van der Waals surface area contributed by atoms with Crippen molar-refractivity contribution in [2.24, 2.45) is 0 Å². The lowest BCUT2D eigenvalue weighted by Crippen LogP contribution is -2.11. The second-order valence-corrected chi connectivity index (χ2v) is 5.98. The van der Waals surface area contributed by atoms with E-state index < -0.39 is 5.97 Å². The number of esters is 1. The van der Waals surface area contributed by atoms with E-state index in [1.807, 2.05) is 53.1 Å². The molecule has 24 heavy (non-hydrogen) atoms. The van der Waals surface area contributed by atoms with Crippen LogP contribution >= 0.6 is 11.6 Å². The molecule has 0 aliphatic carbocycles. The third-order valence-electron chi connectivity index (χ3n) is 4.05. The van der Waals surface area contributed by atoms with E-state index in [0.717, 1.165) is 22.0 Å². The zero-order valence-electron chi connectivity index (χ0n) is 13.0. The molecule has 4 rings (SSSR count). The molecule has 0 radical (unpaired) electrons. The Morgan fingerprint density at radius 1 is 1.12 bits per heavy atom. The minimum Gasteiger partial charge on any atom is -0.464 e. The molecule has 5 heteroatoms. The molecule has 0 bridgehead atoms. The van der Waals surface area contributed by atoms with Crippen molar-refractivity contribution in [1.29, 1.82) is 0 Å². The number of methoxy groups -OCH3 is 1. The number of rotatable bonds is 3. The summed E-state index contributed by atoms with van der Waals surface area (Å²) in [7, 11) is 1.37. The number of nitrogens with zero attached hydrogens (tertiary/aromatic N) is 1. The van der Waals surface area contributed by atoms with Gasteiger partial charge in [-0.3, -0.25) is 0 Å². The Morgan fingerprint density at radius 2 is 1.96 bits per heavy atom. The topological polar surface area (TPSA) is 44.4 Å². The molecule has 2 aromatic heterocycles. The summed E-state index contributed by atoms with van der Waals surface area (Å²) in [4.78, 5) is 12.2. The summed E-state index contributed by atoms with van der Waals surface area (Å²) in [5.74, 6) is -0.396. The van der Waals surface area contributed by atoms with Crippen LogP contribution in [0.4, 0.5) is 0 Å². The fraction of sp³-hybridized carbons (Fsp3) is 0.105. The summed E-state index contributed by atoms with van der Waals surface area (Å²) >= 11 is 6.09. The van der Waals surface area contributed by atoms with Gasteiger partial charge in [-0.1, -0.05) is 35.9 Å². The standard InChI is InChI=1S/C19H14ClNO3/c1-23-19(22)15-10-17-18(14-7-2-3-8-16(14)24-17)21(15)11-12-5-4-6-13(20)9-12/h2-10H,11H2,1H3. The molecule has 4 aromatic rings. The van der Waals surface area contributed by atoms with Gasteiger partial charge in [0.1, 0.15) is 11.3 Å². The largest absolute Gasteiger partial charge is 0.464 e. The number of benzene rings is 2. The van der Waals surface area contributed by atoms with Gasteiger partial charge < -0.3 is 13.7 Å². The molecule has 4 nitrogen and oxygen atoms in total. The second kappa shape index (κ2) is 5.73. The van der Waals surface area contributed by atoms with Gasteiger partial charge >= 0.3 is 5.97 Å². The number of hydrogen-bond acceptors (Lipinski definition) is 3.